The van der Waals surface area contributed by atoms with Crippen molar-refractivity contribution in [2.75, 3.05) is 18.1 Å². The van der Waals surface area contributed by atoms with Crippen LogP contribution in [0.3, 0.4) is 0 Å². The summed E-state index contributed by atoms with van der Waals surface area (Å²) in [4.78, 5) is 4.52. The highest BCUT2D eigenvalue weighted by atomic mass is 32.2. The molecule has 0 amide bonds. The largest absolute Gasteiger partial charge is 0.361 e. The minimum absolute atomic E-state index is 0.0541. The first-order valence-electron chi connectivity index (χ1n) is 6.92. The molecule has 0 aromatic rings. The molecule has 2 heterocycles. The van der Waals surface area contributed by atoms with Gasteiger partial charge in [-0.3, -0.25) is 4.99 Å². The smallest absolute Gasteiger partial charge is 0.157 e. The van der Waals surface area contributed by atoms with Gasteiger partial charge in [0.05, 0.1) is 18.1 Å². The van der Waals surface area contributed by atoms with Crippen LogP contribution in [0.5, 0.6) is 0 Å². The summed E-state index contributed by atoms with van der Waals surface area (Å²) in [6.07, 6.45) is 2.83. The molecule has 19 heavy (non-hydrogen) atoms. The normalized spacial score (nSPS) is 31.0. The standard InChI is InChI=1S/C13H24N2O2S2/c1-13(2,3)7-11-8-14-12(18-11)15-10-5-4-6-19(16,17)9-10/h10-11H,4-9H2,1-3H3,(H,14,15). The lowest BCUT2D eigenvalue weighted by Crippen LogP contribution is -2.42. The Labute approximate surface area is 120 Å². The van der Waals surface area contributed by atoms with E-state index in [4.69, 9.17) is 0 Å². The molecular weight excluding hydrogens is 280 g/mol. The van der Waals surface area contributed by atoms with Gasteiger partial charge in [-0.15, -0.1) is 0 Å². The Balaban J connectivity index is 1.82. The predicted octanol–water partition coefficient (Wildman–Crippen LogP) is 2.06. The molecule has 0 aromatic carbocycles. The van der Waals surface area contributed by atoms with E-state index in [-0.39, 0.29) is 11.8 Å². The molecular formula is C13H24N2O2S2. The van der Waals surface area contributed by atoms with Crippen LogP contribution in [0.1, 0.15) is 40.0 Å². The summed E-state index contributed by atoms with van der Waals surface area (Å²) in [5.41, 5.74) is 0.316. The van der Waals surface area contributed by atoms with Crippen LogP contribution in [-0.2, 0) is 9.84 Å². The van der Waals surface area contributed by atoms with Gasteiger partial charge < -0.3 is 5.32 Å². The van der Waals surface area contributed by atoms with Gasteiger partial charge >= 0.3 is 0 Å². The molecule has 2 aliphatic rings. The van der Waals surface area contributed by atoms with E-state index in [2.05, 4.69) is 31.1 Å². The van der Waals surface area contributed by atoms with Crippen molar-refractivity contribution in [3.8, 4) is 0 Å². The van der Waals surface area contributed by atoms with Crippen molar-refractivity contribution in [2.45, 2.75) is 51.3 Å². The molecule has 0 bridgehead atoms. The van der Waals surface area contributed by atoms with Gasteiger partial charge in [0, 0.05) is 11.3 Å². The number of amidine groups is 1. The first kappa shape index (κ1) is 15.2. The molecule has 1 N–H and O–H groups in total. The van der Waals surface area contributed by atoms with Gasteiger partial charge in [0.25, 0.3) is 0 Å². The lowest BCUT2D eigenvalue weighted by atomic mass is 9.90. The third kappa shape index (κ3) is 4.99. The Morgan fingerprint density at radius 3 is 2.79 bits per heavy atom. The lowest BCUT2D eigenvalue weighted by Gasteiger charge is -2.24. The quantitative estimate of drug-likeness (QED) is 0.848. The van der Waals surface area contributed by atoms with Crippen molar-refractivity contribution in [3.63, 3.8) is 0 Å². The third-order valence-corrected chi connectivity index (χ3v) is 6.29. The van der Waals surface area contributed by atoms with Crippen LogP contribution in [-0.4, -0.2) is 42.9 Å². The molecule has 0 aliphatic carbocycles. The van der Waals surface area contributed by atoms with Crippen molar-refractivity contribution in [2.24, 2.45) is 10.4 Å². The Hall–Kier alpha value is -0.230. The van der Waals surface area contributed by atoms with E-state index >= 15 is 0 Å². The van der Waals surface area contributed by atoms with Crippen molar-refractivity contribution >= 4 is 26.8 Å². The van der Waals surface area contributed by atoms with Crippen LogP contribution in [0.2, 0.25) is 0 Å². The van der Waals surface area contributed by atoms with E-state index in [1.807, 2.05) is 0 Å². The Morgan fingerprint density at radius 2 is 2.16 bits per heavy atom. The SMILES string of the molecule is CC(C)(C)CC1CN=C(NC2CCCS(=O)(=O)C2)S1. The van der Waals surface area contributed by atoms with E-state index in [0.29, 0.717) is 16.4 Å². The molecule has 2 atom stereocenters. The second-order valence-electron chi connectivity index (χ2n) is 6.75. The number of rotatable bonds is 2. The summed E-state index contributed by atoms with van der Waals surface area (Å²) in [5, 5.41) is 4.79. The van der Waals surface area contributed by atoms with Crippen molar-refractivity contribution in [3.05, 3.63) is 0 Å². The van der Waals surface area contributed by atoms with E-state index in [1.54, 1.807) is 11.8 Å². The summed E-state index contributed by atoms with van der Waals surface area (Å²) in [6.45, 7) is 7.58. The average molecular weight is 304 g/mol. The maximum Gasteiger partial charge on any atom is 0.157 e. The van der Waals surface area contributed by atoms with Gasteiger partial charge in [0.1, 0.15) is 0 Å². The molecule has 0 spiro atoms. The van der Waals surface area contributed by atoms with Crippen LogP contribution in [0, 0.1) is 5.41 Å². The minimum Gasteiger partial charge on any atom is -0.361 e. The Morgan fingerprint density at radius 1 is 1.42 bits per heavy atom. The fraction of sp³-hybridized carbons (Fsp3) is 0.923. The van der Waals surface area contributed by atoms with Gasteiger partial charge in [-0.25, -0.2) is 8.42 Å². The Bertz CT molecular complexity index is 452. The van der Waals surface area contributed by atoms with Crippen LogP contribution in [0.25, 0.3) is 0 Å². The van der Waals surface area contributed by atoms with Gasteiger partial charge in [-0.2, -0.15) is 0 Å². The summed E-state index contributed by atoms with van der Waals surface area (Å²) in [5.74, 6) is 0.605. The summed E-state index contributed by atoms with van der Waals surface area (Å²) < 4.78 is 23.2. The molecule has 1 fully saturated rings. The Kier molecular flexibility index (Phi) is 4.50. The average Bonchev–Trinajstić information content (AvgIpc) is 2.61. The fourth-order valence-corrected chi connectivity index (χ4v) is 5.67. The van der Waals surface area contributed by atoms with Gasteiger partial charge in [-0.1, -0.05) is 32.5 Å². The topological polar surface area (TPSA) is 58.5 Å². The molecule has 0 saturated carbocycles. The number of hydrogen-bond acceptors (Lipinski definition) is 5. The van der Waals surface area contributed by atoms with E-state index in [1.165, 1.54) is 0 Å². The van der Waals surface area contributed by atoms with Crippen LogP contribution < -0.4 is 5.32 Å². The second kappa shape index (κ2) is 5.64. The van der Waals surface area contributed by atoms with E-state index in [0.717, 1.165) is 31.0 Å². The molecule has 4 nitrogen and oxygen atoms in total. The predicted molar refractivity (Wildman–Crippen MR) is 82.6 cm³/mol. The van der Waals surface area contributed by atoms with Crippen LogP contribution >= 0.6 is 11.8 Å². The van der Waals surface area contributed by atoms with E-state index < -0.39 is 9.84 Å². The second-order valence-corrected chi connectivity index (χ2v) is 10.3. The first-order valence-corrected chi connectivity index (χ1v) is 9.62. The van der Waals surface area contributed by atoms with Crippen molar-refractivity contribution in [1.29, 1.82) is 0 Å². The first-order chi connectivity index (χ1) is 8.73. The fourth-order valence-electron chi connectivity index (χ4n) is 2.60. The summed E-state index contributed by atoms with van der Waals surface area (Å²) in [6, 6.07) is 0.0541. The van der Waals surface area contributed by atoms with Crippen LogP contribution in [0.4, 0.5) is 0 Å². The summed E-state index contributed by atoms with van der Waals surface area (Å²) in [7, 11) is -2.84. The highest BCUT2D eigenvalue weighted by molar-refractivity contribution is 8.14. The molecule has 2 unspecified atom stereocenters. The molecule has 0 aromatic heterocycles. The van der Waals surface area contributed by atoms with Gasteiger partial charge in [0.2, 0.25) is 0 Å². The number of sulfone groups is 1. The molecule has 2 rings (SSSR count). The highest BCUT2D eigenvalue weighted by Gasteiger charge is 2.29. The number of aliphatic imine (C=N–C) groups is 1. The number of nitrogens with zero attached hydrogens (tertiary/aromatic N) is 1. The minimum atomic E-state index is -2.84. The third-order valence-electron chi connectivity index (χ3n) is 3.35. The molecule has 1 saturated heterocycles. The number of thioether (sulfide) groups is 1. The molecule has 110 valence electrons. The van der Waals surface area contributed by atoms with E-state index in [9.17, 15) is 8.42 Å². The zero-order valence-electron chi connectivity index (χ0n) is 12.0. The zero-order chi connectivity index (χ0) is 14.1. The maximum absolute atomic E-state index is 11.6. The van der Waals surface area contributed by atoms with Crippen molar-refractivity contribution < 1.29 is 8.42 Å². The highest BCUT2D eigenvalue weighted by Crippen LogP contribution is 2.31. The van der Waals surface area contributed by atoms with Crippen LogP contribution in [0.15, 0.2) is 4.99 Å². The molecule has 6 heteroatoms. The number of nitrogens with one attached hydrogen (secondary N) is 1. The number of hydrogen-bond donors (Lipinski definition) is 1. The zero-order valence-corrected chi connectivity index (χ0v) is 13.6. The monoisotopic (exact) mass is 304 g/mol. The van der Waals surface area contributed by atoms with Gasteiger partial charge in [0.15, 0.2) is 15.0 Å². The van der Waals surface area contributed by atoms with Crippen molar-refractivity contribution in [1.82, 2.24) is 5.32 Å². The molecule has 2 aliphatic heterocycles. The lowest BCUT2D eigenvalue weighted by molar-refractivity contribution is 0.375. The molecule has 0 radical (unpaired) electrons. The maximum atomic E-state index is 11.6. The van der Waals surface area contributed by atoms with Gasteiger partial charge in [-0.05, 0) is 24.7 Å². The summed E-state index contributed by atoms with van der Waals surface area (Å²) >= 11 is 1.78.